The van der Waals surface area contributed by atoms with Crippen LogP contribution < -0.4 is 5.73 Å². The van der Waals surface area contributed by atoms with Gasteiger partial charge in [-0.2, -0.15) is 0 Å². The van der Waals surface area contributed by atoms with Crippen molar-refractivity contribution in [3.05, 3.63) is 23.4 Å². The molecule has 1 aliphatic heterocycles. The van der Waals surface area contributed by atoms with E-state index in [9.17, 15) is 4.79 Å². The molecule has 1 aromatic rings. The number of methoxy groups -OCH3 is 1. The maximum absolute atomic E-state index is 12.6. The van der Waals surface area contributed by atoms with E-state index in [-0.39, 0.29) is 17.9 Å². The molecule has 1 unspecified atom stereocenters. The normalized spacial score (nSPS) is 19.4. The van der Waals surface area contributed by atoms with Crippen molar-refractivity contribution in [3.63, 3.8) is 0 Å². The van der Waals surface area contributed by atoms with Gasteiger partial charge in [0.2, 0.25) is 0 Å². The fourth-order valence-corrected chi connectivity index (χ4v) is 2.49. The molecule has 5 nitrogen and oxygen atoms in total. The maximum atomic E-state index is 12.6. The molecule has 0 spiro atoms. The summed E-state index contributed by atoms with van der Waals surface area (Å²) in [6.07, 6.45) is 2.12. The number of nitrogens with zero attached hydrogens (tertiary/aromatic N) is 2. The van der Waals surface area contributed by atoms with E-state index in [1.165, 1.54) is 0 Å². The number of likely N-dealkylation sites (tertiary alicyclic amines) is 1. The number of piperidine rings is 1. The summed E-state index contributed by atoms with van der Waals surface area (Å²) in [5, 5.41) is 0. The third-order valence-corrected chi connectivity index (χ3v) is 3.70. The van der Waals surface area contributed by atoms with Crippen LogP contribution in [0.15, 0.2) is 12.1 Å². The van der Waals surface area contributed by atoms with Crippen molar-refractivity contribution in [2.75, 3.05) is 25.9 Å². The Bertz CT molecular complexity index is 488. The lowest BCUT2D eigenvalue weighted by atomic mass is 10.0. The monoisotopic (exact) mass is 277 g/mol. The highest BCUT2D eigenvalue weighted by molar-refractivity contribution is 5.95. The second kappa shape index (κ2) is 6.22. The molecule has 5 heteroatoms. The molecule has 2 rings (SSSR count). The Hall–Kier alpha value is -1.62. The number of carbonyl (C=O) groups excluding carboxylic acids is 1. The topological polar surface area (TPSA) is 68.5 Å². The van der Waals surface area contributed by atoms with Crippen LogP contribution in [0.25, 0.3) is 0 Å². The summed E-state index contributed by atoms with van der Waals surface area (Å²) in [7, 11) is 1.69. The van der Waals surface area contributed by atoms with E-state index >= 15 is 0 Å². The minimum atomic E-state index is 0.0164. The summed E-state index contributed by atoms with van der Waals surface area (Å²) in [5.41, 5.74) is 7.29. The van der Waals surface area contributed by atoms with Gasteiger partial charge in [0.1, 0.15) is 5.82 Å². The highest BCUT2D eigenvalue weighted by Crippen LogP contribution is 2.20. The zero-order valence-electron chi connectivity index (χ0n) is 12.4. The molecule has 0 bridgehead atoms. The van der Waals surface area contributed by atoms with Crippen LogP contribution in [0.4, 0.5) is 5.82 Å². The maximum Gasteiger partial charge on any atom is 0.254 e. The zero-order valence-corrected chi connectivity index (χ0v) is 12.4. The number of hydrogen-bond acceptors (Lipinski definition) is 4. The Morgan fingerprint density at radius 3 is 2.90 bits per heavy atom. The predicted molar refractivity (Wildman–Crippen MR) is 78.7 cm³/mol. The summed E-state index contributed by atoms with van der Waals surface area (Å²) in [6, 6.07) is 3.50. The number of amides is 1. The van der Waals surface area contributed by atoms with Crippen LogP contribution in [-0.4, -0.2) is 42.1 Å². The lowest BCUT2D eigenvalue weighted by molar-refractivity contribution is 0.0269. The van der Waals surface area contributed by atoms with Crippen LogP contribution >= 0.6 is 0 Å². The number of anilines is 1. The van der Waals surface area contributed by atoms with Crippen molar-refractivity contribution < 1.29 is 9.53 Å². The SMILES string of the molecule is COC1CCCN(C(=O)c2cc(N)nc(C(C)C)c2)C1. The van der Waals surface area contributed by atoms with E-state index in [0.717, 1.165) is 25.1 Å². The summed E-state index contributed by atoms with van der Waals surface area (Å²) < 4.78 is 5.36. The van der Waals surface area contributed by atoms with Crippen LogP contribution in [0.2, 0.25) is 0 Å². The van der Waals surface area contributed by atoms with Crippen molar-refractivity contribution in [2.45, 2.75) is 38.7 Å². The molecule has 0 aromatic carbocycles. The second-order valence-corrected chi connectivity index (χ2v) is 5.61. The van der Waals surface area contributed by atoms with Gasteiger partial charge in [0, 0.05) is 31.5 Å². The Kier molecular flexibility index (Phi) is 4.60. The molecule has 20 heavy (non-hydrogen) atoms. The van der Waals surface area contributed by atoms with Gasteiger partial charge in [0.25, 0.3) is 5.91 Å². The molecule has 1 amide bonds. The minimum absolute atomic E-state index is 0.0164. The molecule has 0 radical (unpaired) electrons. The number of aromatic nitrogens is 1. The molecular formula is C15H23N3O2. The number of nitrogens with two attached hydrogens (primary N) is 1. The van der Waals surface area contributed by atoms with Gasteiger partial charge in [-0.05, 0) is 30.9 Å². The minimum Gasteiger partial charge on any atom is -0.384 e. The number of rotatable bonds is 3. The van der Waals surface area contributed by atoms with Gasteiger partial charge in [-0.25, -0.2) is 4.98 Å². The largest absolute Gasteiger partial charge is 0.384 e. The average molecular weight is 277 g/mol. The molecule has 2 heterocycles. The van der Waals surface area contributed by atoms with Crippen LogP contribution in [0.5, 0.6) is 0 Å². The standard InChI is InChI=1S/C15H23N3O2/c1-10(2)13-7-11(8-14(16)17-13)15(19)18-6-4-5-12(9-18)20-3/h7-8,10,12H,4-6,9H2,1-3H3,(H2,16,17). The number of hydrogen-bond donors (Lipinski definition) is 1. The van der Waals surface area contributed by atoms with Crippen molar-refractivity contribution in [1.82, 2.24) is 9.88 Å². The van der Waals surface area contributed by atoms with E-state index in [4.69, 9.17) is 10.5 Å². The first-order chi connectivity index (χ1) is 9.51. The number of carbonyl (C=O) groups is 1. The first kappa shape index (κ1) is 14.8. The summed E-state index contributed by atoms with van der Waals surface area (Å²) >= 11 is 0. The van der Waals surface area contributed by atoms with E-state index in [0.29, 0.717) is 17.9 Å². The van der Waals surface area contributed by atoms with Crippen LogP contribution in [-0.2, 0) is 4.74 Å². The van der Waals surface area contributed by atoms with Gasteiger partial charge < -0.3 is 15.4 Å². The average Bonchev–Trinajstić information content (AvgIpc) is 2.45. The number of nitrogen functional groups attached to an aromatic ring is 1. The summed E-state index contributed by atoms with van der Waals surface area (Å²) in [6.45, 7) is 5.50. The third-order valence-electron chi connectivity index (χ3n) is 3.70. The van der Waals surface area contributed by atoms with Crippen molar-refractivity contribution in [1.29, 1.82) is 0 Å². The molecular weight excluding hydrogens is 254 g/mol. The molecule has 110 valence electrons. The quantitative estimate of drug-likeness (QED) is 0.918. The van der Waals surface area contributed by atoms with Crippen LogP contribution in [0.1, 0.15) is 48.7 Å². The molecule has 1 aliphatic rings. The fourth-order valence-electron chi connectivity index (χ4n) is 2.49. The van der Waals surface area contributed by atoms with Gasteiger partial charge in [0.05, 0.1) is 6.10 Å². The lowest BCUT2D eigenvalue weighted by Gasteiger charge is -2.32. The van der Waals surface area contributed by atoms with Crippen LogP contribution in [0.3, 0.4) is 0 Å². The first-order valence-electron chi connectivity index (χ1n) is 7.10. The third kappa shape index (κ3) is 3.28. The van der Waals surface area contributed by atoms with Gasteiger partial charge in [0.15, 0.2) is 0 Å². The van der Waals surface area contributed by atoms with E-state index in [2.05, 4.69) is 4.98 Å². The lowest BCUT2D eigenvalue weighted by Crippen LogP contribution is -2.43. The molecule has 1 atom stereocenters. The van der Waals surface area contributed by atoms with Gasteiger partial charge in [-0.3, -0.25) is 4.79 Å². The van der Waals surface area contributed by atoms with E-state index < -0.39 is 0 Å². The van der Waals surface area contributed by atoms with Crippen LogP contribution in [0, 0.1) is 0 Å². The number of pyridine rings is 1. The highest BCUT2D eigenvalue weighted by atomic mass is 16.5. The van der Waals surface area contributed by atoms with Gasteiger partial charge in [-0.1, -0.05) is 13.8 Å². The number of ether oxygens (including phenoxy) is 1. The smallest absolute Gasteiger partial charge is 0.254 e. The molecule has 1 fully saturated rings. The summed E-state index contributed by atoms with van der Waals surface area (Å²) in [5.74, 6) is 0.667. The Labute approximate surface area is 120 Å². The zero-order chi connectivity index (χ0) is 14.7. The van der Waals surface area contributed by atoms with Crippen molar-refractivity contribution >= 4 is 11.7 Å². The highest BCUT2D eigenvalue weighted by Gasteiger charge is 2.25. The van der Waals surface area contributed by atoms with Gasteiger partial charge >= 0.3 is 0 Å². The molecule has 1 aromatic heterocycles. The molecule has 0 aliphatic carbocycles. The molecule has 2 N–H and O–H groups in total. The van der Waals surface area contributed by atoms with E-state index in [1.807, 2.05) is 24.8 Å². The van der Waals surface area contributed by atoms with Gasteiger partial charge in [-0.15, -0.1) is 0 Å². The molecule has 0 saturated carbocycles. The second-order valence-electron chi connectivity index (χ2n) is 5.61. The summed E-state index contributed by atoms with van der Waals surface area (Å²) in [4.78, 5) is 18.7. The Morgan fingerprint density at radius 2 is 2.25 bits per heavy atom. The van der Waals surface area contributed by atoms with Crippen molar-refractivity contribution in [3.8, 4) is 0 Å². The predicted octanol–water partition coefficient (Wildman–Crippen LogP) is 2.04. The van der Waals surface area contributed by atoms with Crippen molar-refractivity contribution in [2.24, 2.45) is 0 Å². The Morgan fingerprint density at radius 1 is 1.50 bits per heavy atom. The first-order valence-corrected chi connectivity index (χ1v) is 7.10. The Balaban J connectivity index is 2.20. The van der Waals surface area contributed by atoms with E-state index in [1.54, 1.807) is 13.2 Å². The fraction of sp³-hybridized carbons (Fsp3) is 0.600. The molecule has 1 saturated heterocycles.